The van der Waals surface area contributed by atoms with Crippen LogP contribution in [0.2, 0.25) is 0 Å². The molecule has 34 heavy (non-hydrogen) atoms. The van der Waals surface area contributed by atoms with E-state index in [-0.39, 0.29) is 17.4 Å². The molecule has 3 aromatic rings. The normalized spacial score (nSPS) is 17.0. The van der Waals surface area contributed by atoms with Gasteiger partial charge in [-0.3, -0.25) is 14.5 Å². The molecule has 0 N–H and O–H groups in total. The van der Waals surface area contributed by atoms with Gasteiger partial charge in [-0.05, 0) is 47.9 Å². The Bertz CT molecular complexity index is 1230. The lowest BCUT2D eigenvalue weighted by atomic mass is 9.88. The SMILES string of the molecule is Cn1c(=O)c(CN(CCN2CCc3ccccc3C2)C(=O)C2CCCCC2)cc2ccccc21. The predicted octanol–water partition coefficient (Wildman–Crippen LogP) is 4.51. The summed E-state index contributed by atoms with van der Waals surface area (Å²) in [4.78, 5) is 31.2. The molecule has 1 fully saturated rings. The standard InChI is InChI=1S/C29H35N3O2/c1-30-27-14-8-7-12-24(27)19-26(28(30)33)21-32(29(34)23-10-3-2-4-11-23)18-17-31-16-15-22-9-5-6-13-25(22)20-31/h5-9,12-14,19,23H,2-4,10-11,15-18,20-21H2,1H3. The maximum atomic E-state index is 13.6. The van der Waals surface area contributed by atoms with Gasteiger partial charge in [0.05, 0.1) is 12.1 Å². The van der Waals surface area contributed by atoms with E-state index in [2.05, 4.69) is 29.2 Å². The van der Waals surface area contributed by atoms with Gasteiger partial charge in [0.1, 0.15) is 0 Å². The highest BCUT2D eigenvalue weighted by Gasteiger charge is 2.27. The van der Waals surface area contributed by atoms with Crippen LogP contribution in [0.15, 0.2) is 59.4 Å². The molecule has 0 bridgehead atoms. The number of carbonyl (C=O) groups is 1. The Labute approximate surface area is 202 Å². The molecular formula is C29H35N3O2. The summed E-state index contributed by atoms with van der Waals surface area (Å²) in [6.45, 7) is 3.82. The molecule has 1 saturated carbocycles. The molecule has 2 aromatic carbocycles. The average molecular weight is 458 g/mol. The Morgan fingerprint density at radius 2 is 1.74 bits per heavy atom. The van der Waals surface area contributed by atoms with E-state index in [1.807, 2.05) is 42.3 Å². The minimum absolute atomic E-state index is 0.00737. The van der Waals surface area contributed by atoms with Gasteiger partial charge in [-0.2, -0.15) is 0 Å². The smallest absolute Gasteiger partial charge is 0.255 e. The number of hydrogen-bond acceptors (Lipinski definition) is 3. The number of aryl methyl sites for hydroxylation is 1. The van der Waals surface area contributed by atoms with E-state index >= 15 is 0 Å². The van der Waals surface area contributed by atoms with Gasteiger partial charge in [0.25, 0.3) is 5.56 Å². The van der Waals surface area contributed by atoms with Crippen molar-refractivity contribution >= 4 is 16.8 Å². The van der Waals surface area contributed by atoms with Crippen LogP contribution < -0.4 is 5.56 Å². The van der Waals surface area contributed by atoms with E-state index < -0.39 is 0 Å². The second-order valence-electron chi connectivity index (χ2n) is 9.98. The third-order valence-corrected chi connectivity index (χ3v) is 7.73. The summed E-state index contributed by atoms with van der Waals surface area (Å²) in [5, 5.41) is 1.04. The van der Waals surface area contributed by atoms with Crippen molar-refractivity contribution in [2.45, 2.75) is 51.6 Å². The van der Waals surface area contributed by atoms with E-state index in [4.69, 9.17) is 0 Å². The maximum absolute atomic E-state index is 13.6. The molecule has 1 amide bonds. The van der Waals surface area contributed by atoms with E-state index in [1.54, 1.807) is 4.57 Å². The van der Waals surface area contributed by atoms with E-state index in [9.17, 15) is 9.59 Å². The summed E-state index contributed by atoms with van der Waals surface area (Å²) in [7, 11) is 1.83. The van der Waals surface area contributed by atoms with Crippen molar-refractivity contribution in [3.8, 4) is 0 Å². The zero-order valence-corrected chi connectivity index (χ0v) is 20.2. The van der Waals surface area contributed by atoms with Crippen LogP contribution in [0.5, 0.6) is 0 Å². The lowest BCUT2D eigenvalue weighted by Crippen LogP contribution is -2.43. The number of nitrogens with zero attached hydrogens (tertiary/aromatic N) is 3. The number of rotatable bonds is 6. The molecule has 178 valence electrons. The van der Waals surface area contributed by atoms with Crippen molar-refractivity contribution in [1.82, 2.24) is 14.4 Å². The van der Waals surface area contributed by atoms with Crippen molar-refractivity contribution in [2.24, 2.45) is 13.0 Å². The van der Waals surface area contributed by atoms with E-state index in [0.717, 1.165) is 62.6 Å². The van der Waals surface area contributed by atoms with E-state index in [0.29, 0.717) is 18.7 Å². The fourth-order valence-corrected chi connectivity index (χ4v) is 5.69. The summed E-state index contributed by atoms with van der Waals surface area (Å²) in [5.74, 6) is 0.326. The number of pyridine rings is 1. The quantitative estimate of drug-likeness (QED) is 0.547. The fraction of sp³-hybridized carbons (Fsp3) is 0.448. The summed E-state index contributed by atoms with van der Waals surface area (Å²) in [6.07, 6.45) is 6.49. The monoisotopic (exact) mass is 457 g/mol. The summed E-state index contributed by atoms with van der Waals surface area (Å²) >= 11 is 0. The lowest BCUT2D eigenvalue weighted by Gasteiger charge is -2.33. The van der Waals surface area contributed by atoms with Crippen LogP contribution in [0.25, 0.3) is 10.9 Å². The topological polar surface area (TPSA) is 45.6 Å². The number of amides is 1. The molecule has 1 aliphatic heterocycles. The van der Waals surface area contributed by atoms with Crippen molar-refractivity contribution in [3.05, 3.63) is 81.6 Å². The number of carbonyl (C=O) groups excluding carboxylic acids is 1. The number of para-hydroxylation sites is 1. The highest BCUT2D eigenvalue weighted by Crippen LogP contribution is 2.26. The van der Waals surface area contributed by atoms with E-state index in [1.165, 1.54) is 17.5 Å². The zero-order valence-electron chi connectivity index (χ0n) is 20.2. The first-order valence-corrected chi connectivity index (χ1v) is 12.8. The van der Waals surface area contributed by atoms with Crippen LogP contribution in [0.4, 0.5) is 0 Å². The van der Waals surface area contributed by atoms with Gasteiger partial charge in [-0.25, -0.2) is 0 Å². The number of fused-ring (bicyclic) bond motifs is 2. The van der Waals surface area contributed by atoms with Crippen LogP contribution in [-0.2, 0) is 31.4 Å². The molecule has 0 unspecified atom stereocenters. The van der Waals surface area contributed by atoms with Crippen LogP contribution in [0.3, 0.4) is 0 Å². The third kappa shape index (κ3) is 4.80. The molecule has 0 radical (unpaired) electrons. The highest BCUT2D eigenvalue weighted by atomic mass is 16.2. The van der Waals surface area contributed by atoms with Gasteiger partial charge in [0.2, 0.25) is 5.91 Å². The lowest BCUT2D eigenvalue weighted by molar-refractivity contribution is -0.137. The number of hydrogen-bond donors (Lipinski definition) is 0. The minimum atomic E-state index is -0.00737. The van der Waals surface area contributed by atoms with Crippen LogP contribution in [0, 0.1) is 5.92 Å². The highest BCUT2D eigenvalue weighted by molar-refractivity contribution is 5.81. The van der Waals surface area contributed by atoms with Gasteiger partial charge in [0.15, 0.2) is 0 Å². The van der Waals surface area contributed by atoms with Crippen molar-refractivity contribution in [2.75, 3.05) is 19.6 Å². The third-order valence-electron chi connectivity index (χ3n) is 7.73. The molecule has 0 spiro atoms. The van der Waals surface area contributed by atoms with Crippen molar-refractivity contribution < 1.29 is 4.79 Å². The second-order valence-corrected chi connectivity index (χ2v) is 9.98. The Morgan fingerprint density at radius 1 is 1.00 bits per heavy atom. The predicted molar refractivity (Wildman–Crippen MR) is 137 cm³/mol. The van der Waals surface area contributed by atoms with Crippen molar-refractivity contribution in [1.29, 1.82) is 0 Å². The van der Waals surface area contributed by atoms with Crippen LogP contribution >= 0.6 is 0 Å². The van der Waals surface area contributed by atoms with Crippen LogP contribution in [-0.4, -0.2) is 39.9 Å². The van der Waals surface area contributed by atoms with Gasteiger partial charge < -0.3 is 9.47 Å². The van der Waals surface area contributed by atoms with Crippen LogP contribution in [0.1, 0.15) is 48.8 Å². The Morgan fingerprint density at radius 3 is 2.56 bits per heavy atom. The van der Waals surface area contributed by atoms with Crippen molar-refractivity contribution in [3.63, 3.8) is 0 Å². The maximum Gasteiger partial charge on any atom is 0.255 e. The summed E-state index contributed by atoms with van der Waals surface area (Å²) in [5.41, 5.74) is 4.45. The van der Waals surface area contributed by atoms with Gasteiger partial charge in [-0.15, -0.1) is 0 Å². The first-order chi connectivity index (χ1) is 16.6. The molecular weight excluding hydrogens is 422 g/mol. The molecule has 0 saturated heterocycles. The number of aromatic nitrogens is 1. The largest absolute Gasteiger partial charge is 0.337 e. The van der Waals surface area contributed by atoms with Gasteiger partial charge in [0, 0.05) is 44.7 Å². The summed E-state index contributed by atoms with van der Waals surface area (Å²) < 4.78 is 1.72. The Kier molecular flexibility index (Phi) is 6.82. The fourth-order valence-electron chi connectivity index (χ4n) is 5.69. The average Bonchev–Trinajstić information content (AvgIpc) is 2.89. The zero-order chi connectivity index (χ0) is 23.5. The molecule has 1 aliphatic carbocycles. The molecule has 2 heterocycles. The van der Waals surface area contributed by atoms with Gasteiger partial charge in [-0.1, -0.05) is 61.7 Å². The molecule has 5 rings (SSSR count). The first kappa shape index (κ1) is 22.9. The molecule has 0 atom stereocenters. The molecule has 5 heteroatoms. The van der Waals surface area contributed by atoms with Gasteiger partial charge >= 0.3 is 0 Å². The first-order valence-electron chi connectivity index (χ1n) is 12.8. The summed E-state index contributed by atoms with van der Waals surface area (Å²) in [6, 6.07) is 18.6. The Balaban J connectivity index is 1.37. The second kappa shape index (κ2) is 10.1. The molecule has 1 aromatic heterocycles. The minimum Gasteiger partial charge on any atom is -0.337 e. The molecule has 5 nitrogen and oxygen atoms in total. The number of benzene rings is 2. The molecule has 2 aliphatic rings. The Hall–Kier alpha value is -2.92.